The smallest absolute Gasteiger partial charge is 0.303 e. The third-order valence-electron chi connectivity index (χ3n) is 5.32. The molecule has 0 spiro atoms. The lowest BCUT2D eigenvalue weighted by atomic mass is 10.1. The fourth-order valence-corrected chi connectivity index (χ4v) is 4.22. The summed E-state index contributed by atoms with van der Waals surface area (Å²) in [5.41, 5.74) is 2.43. The second kappa shape index (κ2) is 12.2. The molecule has 1 heterocycles. The summed E-state index contributed by atoms with van der Waals surface area (Å²) < 4.78 is 14.6. The van der Waals surface area contributed by atoms with Crippen LogP contribution in [0.5, 0.6) is 5.75 Å². The van der Waals surface area contributed by atoms with Gasteiger partial charge in [0.05, 0.1) is 7.98 Å². The molecule has 0 atom stereocenters. The topological polar surface area (TPSA) is 66.8 Å². The Balaban J connectivity index is 1.69. The van der Waals surface area contributed by atoms with Crippen LogP contribution in [0.1, 0.15) is 56.8 Å². The van der Waals surface area contributed by atoms with Crippen molar-refractivity contribution in [3.8, 4) is 16.2 Å². The number of carboxylic acid groups (broad SMARTS) is 1. The van der Waals surface area contributed by atoms with Crippen LogP contribution in [-0.4, -0.2) is 34.5 Å². The molecule has 0 radical (unpaired) electrons. The van der Waals surface area contributed by atoms with Crippen molar-refractivity contribution >= 4 is 23.2 Å². The van der Waals surface area contributed by atoms with Gasteiger partial charge in [0, 0.05) is 35.0 Å². The Labute approximate surface area is 201 Å². The number of hydrogen-bond donors (Lipinski definition) is 1. The molecule has 1 N–H and O–H groups in total. The van der Waals surface area contributed by atoms with Crippen molar-refractivity contribution in [1.82, 2.24) is 4.90 Å². The maximum Gasteiger partial charge on any atom is 0.303 e. The number of ether oxygens (including phenoxy) is 1. The molecule has 3 rings (SSSR count). The van der Waals surface area contributed by atoms with E-state index in [4.69, 9.17) is 11.2 Å². The fraction of sp³-hybridized carbons (Fsp3) is 0.333. The first-order valence-corrected chi connectivity index (χ1v) is 12.0. The van der Waals surface area contributed by atoms with Crippen LogP contribution >= 0.6 is 11.3 Å². The van der Waals surface area contributed by atoms with Crippen LogP contribution in [0, 0.1) is 0 Å². The molecule has 174 valence electrons. The number of amides is 1. The molecule has 2 aromatic carbocycles. The zero-order chi connectivity index (χ0) is 24.6. The van der Waals surface area contributed by atoms with E-state index in [-0.39, 0.29) is 18.9 Å². The molecule has 0 aliphatic carbocycles. The highest BCUT2D eigenvalue weighted by Crippen LogP contribution is 2.26. The molecule has 0 fully saturated rings. The minimum absolute atomic E-state index is 0.167. The van der Waals surface area contributed by atoms with Crippen LogP contribution in [-0.2, 0) is 11.3 Å². The fourth-order valence-electron chi connectivity index (χ4n) is 3.49. The van der Waals surface area contributed by atoms with Gasteiger partial charge >= 0.3 is 5.97 Å². The molecule has 0 saturated heterocycles. The van der Waals surface area contributed by atoms with E-state index in [0.717, 1.165) is 28.8 Å². The van der Waals surface area contributed by atoms with Crippen molar-refractivity contribution in [2.45, 2.75) is 52.1 Å². The lowest BCUT2D eigenvalue weighted by Crippen LogP contribution is -2.36. The molecular formula is C27H31NO4S. The third kappa shape index (κ3) is 7.19. The molecule has 1 aromatic heterocycles. The number of thiophene rings is 1. The number of nitrogens with zero attached hydrogens (tertiary/aromatic N) is 1. The van der Waals surface area contributed by atoms with Gasteiger partial charge in [-0.05, 0) is 68.3 Å². The van der Waals surface area contributed by atoms with E-state index in [1.54, 1.807) is 30.1 Å². The first-order valence-electron chi connectivity index (χ1n) is 11.6. The maximum atomic E-state index is 13.4. The zero-order valence-electron chi connectivity index (χ0n) is 20.1. The number of rotatable bonds is 12. The highest BCUT2D eigenvalue weighted by molar-refractivity contribution is 7.13. The van der Waals surface area contributed by atoms with Crippen molar-refractivity contribution < 1.29 is 20.8 Å². The van der Waals surface area contributed by atoms with Crippen molar-refractivity contribution in [1.29, 1.82) is 0 Å². The normalized spacial score (nSPS) is 11.6. The van der Waals surface area contributed by atoms with E-state index in [9.17, 15) is 9.59 Å². The SMILES string of the molecule is [2H]C(C)(C)N(Cc1ccccc1OCCCCCC(=O)O)C(=O)c1ccc(-c2cccs2)cc1. The second-order valence-corrected chi connectivity index (χ2v) is 9.00. The average molecular weight is 467 g/mol. The minimum Gasteiger partial charge on any atom is -0.493 e. The quantitative estimate of drug-likeness (QED) is 0.310. The predicted molar refractivity (Wildman–Crippen MR) is 133 cm³/mol. The Morgan fingerprint density at radius 3 is 2.45 bits per heavy atom. The molecule has 6 heteroatoms. The Bertz CT molecular complexity index is 1070. The summed E-state index contributed by atoms with van der Waals surface area (Å²) in [4.78, 5) is 26.7. The van der Waals surface area contributed by atoms with Gasteiger partial charge in [-0.2, -0.15) is 0 Å². The van der Waals surface area contributed by atoms with Gasteiger partial charge in [-0.3, -0.25) is 9.59 Å². The monoisotopic (exact) mass is 466 g/mol. The van der Waals surface area contributed by atoms with E-state index >= 15 is 0 Å². The molecule has 0 bridgehead atoms. The van der Waals surface area contributed by atoms with E-state index in [2.05, 4.69) is 0 Å². The van der Waals surface area contributed by atoms with Crippen molar-refractivity contribution in [2.75, 3.05) is 6.61 Å². The molecule has 5 nitrogen and oxygen atoms in total. The van der Waals surface area contributed by atoms with Gasteiger partial charge in [0.2, 0.25) is 0 Å². The van der Waals surface area contributed by atoms with E-state index < -0.39 is 12.0 Å². The molecule has 0 saturated carbocycles. The van der Waals surface area contributed by atoms with Gasteiger partial charge in [-0.1, -0.05) is 36.4 Å². The molecule has 33 heavy (non-hydrogen) atoms. The summed E-state index contributed by atoms with van der Waals surface area (Å²) in [5, 5.41) is 10.8. The molecule has 0 aliphatic heterocycles. The van der Waals surface area contributed by atoms with Gasteiger partial charge in [-0.15, -0.1) is 11.3 Å². The van der Waals surface area contributed by atoms with Crippen LogP contribution in [0.3, 0.4) is 0 Å². The standard InChI is InChI=1S/C27H31NO4S/c1-20(2)28(27(31)22-15-13-21(14-16-22)25-11-8-18-33-25)19-23-9-5-6-10-24(23)32-17-7-3-4-12-26(29)30/h5-6,8-11,13-16,18,20H,3-4,7,12,17,19H2,1-2H3,(H,29,30)/i20D. The summed E-state index contributed by atoms with van der Waals surface area (Å²) in [7, 11) is 0. The van der Waals surface area contributed by atoms with Gasteiger partial charge < -0.3 is 14.7 Å². The predicted octanol–water partition coefficient (Wildman–Crippen LogP) is 6.49. The van der Waals surface area contributed by atoms with Crippen molar-refractivity contribution in [3.63, 3.8) is 0 Å². The number of carbonyl (C=O) groups is 2. The molecule has 0 aliphatic rings. The Hall–Kier alpha value is -3.12. The van der Waals surface area contributed by atoms with Crippen molar-refractivity contribution in [3.05, 3.63) is 77.2 Å². The number of para-hydroxylation sites is 1. The van der Waals surface area contributed by atoms with Crippen LogP contribution in [0.25, 0.3) is 10.4 Å². The molecule has 3 aromatic rings. The Morgan fingerprint density at radius 2 is 1.79 bits per heavy atom. The number of carbonyl (C=O) groups excluding carboxylic acids is 1. The Morgan fingerprint density at radius 1 is 1.03 bits per heavy atom. The second-order valence-electron chi connectivity index (χ2n) is 8.05. The zero-order valence-corrected chi connectivity index (χ0v) is 19.9. The summed E-state index contributed by atoms with van der Waals surface area (Å²) in [6.07, 6.45) is 2.33. The van der Waals surface area contributed by atoms with Crippen LogP contribution in [0.15, 0.2) is 66.0 Å². The largest absolute Gasteiger partial charge is 0.493 e. The van der Waals surface area contributed by atoms with Crippen LogP contribution in [0.4, 0.5) is 0 Å². The minimum atomic E-state index is -1.13. The van der Waals surface area contributed by atoms with E-state index in [1.807, 2.05) is 66.0 Å². The van der Waals surface area contributed by atoms with Crippen LogP contribution in [0.2, 0.25) is 0 Å². The van der Waals surface area contributed by atoms with Gasteiger partial charge in [0.25, 0.3) is 5.91 Å². The van der Waals surface area contributed by atoms with Gasteiger partial charge in [0.1, 0.15) is 5.75 Å². The summed E-state index contributed by atoms with van der Waals surface area (Å²) in [6.45, 7) is 4.13. The molecular weight excluding hydrogens is 434 g/mol. The highest BCUT2D eigenvalue weighted by atomic mass is 32.1. The number of unbranched alkanes of at least 4 members (excludes halogenated alkanes) is 2. The molecule has 0 unspecified atom stereocenters. The first kappa shape index (κ1) is 23.1. The number of hydrogen-bond acceptors (Lipinski definition) is 4. The molecule has 1 amide bonds. The summed E-state index contributed by atoms with van der Waals surface area (Å²) in [6, 6.07) is 18.0. The van der Waals surface area contributed by atoms with Gasteiger partial charge in [0.15, 0.2) is 0 Å². The maximum absolute atomic E-state index is 13.4. The third-order valence-corrected chi connectivity index (χ3v) is 6.24. The lowest BCUT2D eigenvalue weighted by molar-refractivity contribution is -0.137. The van der Waals surface area contributed by atoms with Gasteiger partial charge in [-0.25, -0.2) is 0 Å². The average Bonchev–Trinajstić information content (AvgIpc) is 3.34. The first-order chi connectivity index (χ1) is 16.3. The van der Waals surface area contributed by atoms with E-state index in [1.165, 1.54) is 0 Å². The lowest BCUT2D eigenvalue weighted by Gasteiger charge is -2.28. The summed E-state index contributed by atoms with van der Waals surface area (Å²) in [5.74, 6) is -0.313. The van der Waals surface area contributed by atoms with Crippen LogP contribution < -0.4 is 4.74 Å². The number of benzene rings is 2. The van der Waals surface area contributed by atoms with Crippen molar-refractivity contribution in [2.24, 2.45) is 0 Å². The number of carboxylic acids is 1. The summed E-state index contributed by atoms with van der Waals surface area (Å²) >= 11 is 1.65. The Kier molecular flexibility index (Phi) is 8.53. The van der Waals surface area contributed by atoms with E-state index in [0.29, 0.717) is 24.3 Å². The number of aliphatic carboxylic acids is 1. The highest BCUT2D eigenvalue weighted by Gasteiger charge is 2.21.